The molecule has 10 nitrogen and oxygen atoms in total. The summed E-state index contributed by atoms with van der Waals surface area (Å²) in [5.41, 5.74) is 0. The average Bonchev–Trinajstić information content (AvgIpc) is 2.70. The number of benzene rings is 1. The van der Waals surface area contributed by atoms with Gasteiger partial charge in [-0.2, -0.15) is 0 Å². The fourth-order valence-corrected chi connectivity index (χ4v) is 2.26. The van der Waals surface area contributed by atoms with Crippen molar-refractivity contribution < 1.29 is 29.3 Å². The van der Waals surface area contributed by atoms with Gasteiger partial charge in [-0.25, -0.2) is 0 Å². The van der Waals surface area contributed by atoms with Gasteiger partial charge in [-0.3, -0.25) is 4.79 Å². The zero-order chi connectivity index (χ0) is 21.3. The van der Waals surface area contributed by atoms with E-state index in [0.717, 1.165) is 0 Å². The Hall–Kier alpha value is -2.85. The Bertz CT molecular complexity index is 628. The lowest BCUT2D eigenvalue weighted by molar-refractivity contribution is -0.757. The quantitative estimate of drug-likeness (QED) is 0.150. The van der Waals surface area contributed by atoms with E-state index in [1.165, 1.54) is 0 Å². The fraction of sp³-hybridized carbons (Fsp3) is 0.526. The molecule has 0 saturated carbocycles. The normalized spacial score (nSPS) is 11.3. The molecule has 0 bridgehead atoms. The van der Waals surface area contributed by atoms with E-state index in [-0.39, 0.29) is 25.5 Å². The van der Waals surface area contributed by atoms with Gasteiger partial charge in [0.2, 0.25) is 5.91 Å². The van der Waals surface area contributed by atoms with Gasteiger partial charge in [-0.15, -0.1) is 10.1 Å². The molecular formula is C19H29N3O7. The van der Waals surface area contributed by atoms with Gasteiger partial charge in [0.1, 0.15) is 19.3 Å². The number of aliphatic hydroxyl groups excluding tert-OH is 1. The number of ether oxygens (including phenoxy) is 2. The highest BCUT2D eigenvalue weighted by Gasteiger charge is 2.08. The minimum absolute atomic E-state index is 0.00729. The first-order chi connectivity index (χ1) is 14.0. The van der Waals surface area contributed by atoms with Crippen molar-refractivity contribution in [2.45, 2.75) is 25.4 Å². The van der Waals surface area contributed by atoms with E-state index in [4.69, 9.17) is 9.47 Å². The molecule has 1 rings (SSSR count). The van der Waals surface area contributed by atoms with Gasteiger partial charge < -0.3 is 30.1 Å². The lowest BCUT2D eigenvalue weighted by Crippen LogP contribution is -2.37. The van der Waals surface area contributed by atoms with Gasteiger partial charge in [-0.05, 0) is 25.0 Å². The molecule has 3 N–H and O–H groups in total. The number of rotatable bonds is 17. The van der Waals surface area contributed by atoms with E-state index in [1.807, 2.05) is 12.1 Å². The Kier molecular flexibility index (Phi) is 12.6. The SMILES string of the molecule is C=CCOc1ccccc1OCC(O)CNCCNC(=O)CCCCO[N+](=O)[O-]. The van der Waals surface area contributed by atoms with Crippen molar-refractivity contribution in [1.29, 1.82) is 0 Å². The van der Waals surface area contributed by atoms with Gasteiger partial charge in [-0.1, -0.05) is 24.8 Å². The molecular weight excluding hydrogens is 382 g/mol. The van der Waals surface area contributed by atoms with Crippen molar-refractivity contribution in [1.82, 2.24) is 10.6 Å². The van der Waals surface area contributed by atoms with E-state index in [1.54, 1.807) is 18.2 Å². The second kappa shape index (κ2) is 15.1. The van der Waals surface area contributed by atoms with Crippen LogP contribution in [0.1, 0.15) is 19.3 Å². The molecule has 0 aliphatic rings. The largest absolute Gasteiger partial charge is 0.487 e. The third-order valence-corrected chi connectivity index (χ3v) is 3.64. The standard InChI is InChI=1S/C19H29N3O7/c1-2-12-27-17-7-3-4-8-18(17)28-15-16(23)14-20-10-11-21-19(24)9-5-6-13-29-22(25)26/h2-4,7-8,16,20,23H,1,5-6,9-15H2,(H,21,24). The van der Waals surface area contributed by atoms with Crippen LogP contribution in [0, 0.1) is 10.1 Å². The summed E-state index contributed by atoms with van der Waals surface area (Å²) in [6.07, 6.45) is 2.16. The number of nitrogens with one attached hydrogen (secondary N) is 2. The monoisotopic (exact) mass is 411 g/mol. The van der Waals surface area contributed by atoms with Crippen molar-refractivity contribution in [2.75, 3.05) is 39.5 Å². The maximum atomic E-state index is 11.6. The van der Waals surface area contributed by atoms with E-state index >= 15 is 0 Å². The summed E-state index contributed by atoms with van der Waals surface area (Å²) in [6.45, 7) is 5.27. The first kappa shape index (κ1) is 24.2. The van der Waals surface area contributed by atoms with Gasteiger partial charge in [0.25, 0.3) is 5.09 Å². The highest BCUT2D eigenvalue weighted by Crippen LogP contribution is 2.26. The number of hydrogen-bond acceptors (Lipinski definition) is 8. The van der Waals surface area contributed by atoms with Crippen LogP contribution in [0.25, 0.3) is 0 Å². The second-order valence-corrected chi connectivity index (χ2v) is 6.08. The number of hydrogen-bond donors (Lipinski definition) is 3. The van der Waals surface area contributed by atoms with Crippen LogP contribution < -0.4 is 20.1 Å². The average molecular weight is 411 g/mol. The van der Waals surface area contributed by atoms with Crippen molar-refractivity contribution in [3.05, 3.63) is 47.0 Å². The highest BCUT2D eigenvalue weighted by atomic mass is 16.9. The van der Waals surface area contributed by atoms with E-state index in [9.17, 15) is 20.0 Å². The van der Waals surface area contributed by atoms with Crippen molar-refractivity contribution in [3.63, 3.8) is 0 Å². The molecule has 1 aromatic rings. The number of para-hydroxylation sites is 2. The molecule has 0 spiro atoms. The summed E-state index contributed by atoms with van der Waals surface area (Å²) < 4.78 is 11.1. The molecule has 162 valence electrons. The molecule has 0 aliphatic carbocycles. The van der Waals surface area contributed by atoms with Crippen LogP contribution in [0.15, 0.2) is 36.9 Å². The molecule has 0 saturated heterocycles. The van der Waals surface area contributed by atoms with Crippen LogP contribution >= 0.6 is 0 Å². The topological polar surface area (TPSA) is 132 Å². The van der Waals surface area contributed by atoms with E-state index in [2.05, 4.69) is 22.1 Å². The lowest BCUT2D eigenvalue weighted by atomic mass is 10.2. The van der Waals surface area contributed by atoms with E-state index < -0.39 is 11.2 Å². The Morgan fingerprint density at radius 2 is 1.97 bits per heavy atom. The van der Waals surface area contributed by atoms with Gasteiger partial charge in [0, 0.05) is 26.1 Å². The minimum atomic E-state index is -0.847. The minimum Gasteiger partial charge on any atom is -0.487 e. The van der Waals surface area contributed by atoms with Crippen LogP contribution in [-0.2, 0) is 9.63 Å². The predicted molar refractivity (Wildman–Crippen MR) is 106 cm³/mol. The summed E-state index contributed by atoms with van der Waals surface area (Å²) in [5, 5.41) is 24.9. The van der Waals surface area contributed by atoms with E-state index in [0.29, 0.717) is 50.6 Å². The fourth-order valence-electron chi connectivity index (χ4n) is 2.26. The zero-order valence-corrected chi connectivity index (χ0v) is 16.4. The maximum absolute atomic E-state index is 11.6. The lowest BCUT2D eigenvalue weighted by Gasteiger charge is -2.15. The van der Waals surface area contributed by atoms with Gasteiger partial charge in [0.15, 0.2) is 11.5 Å². The molecule has 0 aromatic heterocycles. The molecule has 1 aromatic carbocycles. The molecule has 0 heterocycles. The van der Waals surface area contributed by atoms with Crippen LogP contribution in [0.4, 0.5) is 0 Å². The van der Waals surface area contributed by atoms with Gasteiger partial charge >= 0.3 is 0 Å². The smallest absolute Gasteiger partial charge is 0.294 e. The number of amides is 1. The first-order valence-electron chi connectivity index (χ1n) is 9.41. The highest BCUT2D eigenvalue weighted by molar-refractivity contribution is 5.75. The van der Waals surface area contributed by atoms with Crippen LogP contribution in [0.3, 0.4) is 0 Å². The summed E-state index contributed by atoms with van der Waals surface area (Å²) in [7, 11) is 0. The predicted octanol–water partition coefficient (Wildman–Crippen LogP) is 1.08. The third kappa shape index (κ3) is 12.3. The summed E-state index contributed by atoms with van der Waals surface area (Å²) in [5.74, 6) is 0.998. The molecule has 0 aliphatic heterocycles. The second-order valence-electron chi connectivity index (χ2n) is 6.08. The number of nitrogens with zero attached hydrogens (tertiary/aromatic N) is 1. The van der Waals surface area contributed by atoms with Crippen LogP contribution in [0.5, 0.6) is 11.5 Å². The Morgan fingerprint density at radius 3 is 2.66 bits per heavy atom. The van der Waals surface area contributed by atoms with Crippen LogP contribution in [0.2, 0.25) is 0 Å². The molecule has 0 fully saturated rings. The summed E-state index contributed by atoms with van der Waals surface area (Å²) in [4.78, 5) is 25.7. The van der Waals surface area contributed by atoms with Crippen molar-refractivity contribution in [3.8, 4) is 11.5 Å². The molecule has 10 heteroatoms. The van der Waals surface area contributed by atoms with Crippen molar-refractivity contribution in [2.24, 2.45) is 0 Å². The number of carbonyl (C=O) groups excluding carboxylic acids is 1. The molecule has 0 radical (unpaired) electrons. The van der Waals surface area contributed by atoms with Gasteiger partial charge in [0.05, 0.1) is 6.61 Å². The molecule has 29 heavy (non-hydrogen) atoms. The Morgan fingerprint density at radius 1 is 1.24 bits per heavy atom. The summed E-state index contributed by atoms with van der Waals surface area (Å²) in [6, 6.07) is 7.19. The number of unbranched alkanes of at least 4 members (excludes halogenated alkanes) is 1. The number of carbonyl (C=O) groups is 1. The van der Waals surface area contributed by atoms with Crippen molar-refractivity contribution >= 4 is 5.91 Å². The Labute approximate surface area is 169 Å². The zero-order valence-electron chi connectivity index (χ0n) is 16.4. The third-order valence-electron chi connectivity index (χ3n) is 3.64. The molecule has 1 unspecified atom stereocenters. The maximum Gasteiger partial charge on any atom is 0.294 e. The Balaban J connectivity index is 2.08. The molecule has 1 amide bonds. The summed E-state index contributed by atoms with van der Waals surface area (Å²) >= 11 is 0. The molecule has 1 atom stereocenters. The first-order valence-corrected chi connectivity index (χ1v) is 9.41. The number of aliphatic hydroxyl groups is 1. The van der Waals surface area contributed by atoms with Crippen LogP contribution in [-0.4, -0.2) is 61.7 Å².